The second-order valence-electron chi connectivity index (χ2n) is 6.06. The van der Waals surface area contributed by atoms with Crippen LogP contribution in [0.3, 0.4) is 0 Å². The van der Waals surface area contributed by atoms with Gasteiger partial charge in [0, 0.05) is 0 Å². The van der Waals surface area contributed by atoms with Gasteiger partial charge in [0.1, 0.15) is 0 Å². The summed E-state index contributed by atoms with van der Waals surface area (Å²) >= 11 is 1.74. The van der Waals surface area contributed by atoms with E-state index in [1.807, 2.05) is 6.07 Å². The Morgan fingerprint density at radius 1 is 1.04 bits per heavy atom. The summed E-state index contributed by atoms with van der Waals surface area (Å²) in [5, 5.41) is 0. The topological polar surface area (TPSA) is 0 Å². The molecule has 0 aliphatic heterocycles. The largest absolute Gasteiger partial charge is 1.00 e. The van der Waals surface area contributed by atoms with E-state index in [0.29, 0.717) is 0 Å². The van der Waals surface area contributed by atoms with Gasteiger partial charge in [-0.15, -0.1) is 12.0 Å². The van der Waals surface area contributed by atoms with Crippen molar-refractivity contribution < 1.29 is 48.1 Å². The third kappa shape index (κ3) is 8.09. The molecule has 0 N–H and O–H groups in total. The van der Waals surface area contributed by atoms with Crippen LogP contribution in [0.1, 0.15) is 30.9 Å². The van der Waals surface area contributed by atoms with Gasteiger partial charge in [-0.25, -0.2) is 11.6 Å². The molecule has 4 rings (SSSR count). The fraction of sp³-hybridized carbons (Fsp3) is 0.273. The molecule has 0 unspecified atom stereocenters. The van der Waals surface area contributed by atoms with Crippen LogP contribution in [0.5, 0.6) is 0 Å². The first kappa shape index (κ1) is 25.6. The molecule has 0 radical (unpaired) electrons. The standard InChI is InChI=1S/C13H9.C7H9.C2H6Si.2ClH.Zr/c1-3-7-12-10(5-1)9-11-6-2-4-8-13(11)12;1-2-7-5-3-4-6-7;1-3-2;;;/h1-5,7-8H,9H2;3,5H,2,4H2,1H3;1-2H3;2*1H;/q2*-1;;;;+2/p-2. The number of allylic oxidation sites excluding steroid dienone is 4. The molecule has 4 heteroatoms. The molecule has 0 spiro atoms. The van der Waals surface area contributed by atoms with E-state index in [0.717, 1.165) is 19.3 Å². The van der Waals surface area contributed by atoms with Crippen LogP contribution in [0.25, 0.3) is 11.1 Å². The van der Waals surface area contributed by atoms with Crippen molar-refractivity contribution in [2.75, 3.05) is 0 Å². The van der Waals surface area contributed by atoms with Gasteiger partial charge in [-0.05, 0) is 6.42 Å². The number of fused-ring (bicyclic) bond motifs is 3. The van der Waals surface area contributed by atoms with E-state index in [2.05, 4.69) is 80.7 Å². The molecule has 0 bridgehead atoms. The van der Waals surface area contributed by atoms with Crippen LogP contribution in [0.2, 0.25) is 13.1 Å². The van der Waals surface area contributed by atoms with Crippen molar-refractivity contribution in [3.63, 3.8) is 0 Å². The van der Waals surface area contributed by atoms with Gasteiger partial charge in [-0.2, -0.15) is 35.9 Å². The zero-order chi connectivity index (χ0) is 17.4. The van der Waals surface area contributed by atoms with Crippen molar-refractivity contribution in [1.29, 1.82) is 0 Å². The van der Waals surface area contributed by atoms with Gasteiger partial charge < -0.3 is 24.8 Å². The van der Waals surface area contributed by atoms with Crippen molar-refractivity contribution in [1.82, 2.24) is 0 Å². The number of halogens is 2. The maximum atomic E-state index is 3.30. The van der Waals surface area contributed by atoms with E-state index in [-0.39, 0.29) is 30.2 Å². The molecular formula is C22H24Cl2SiZr-2. The molecule has 26 heavy (non-hydrogen) atoms. The summed E-state index contributed by atoms with van der Waals surface area (Å²) in [6.45, 7) is 6.77. The first-order valence-electron chi connectivity index (χ1n) is 8.47. The number of hydrogen-bond donors (Lipinski definition) is 0. The normalized spacial score (nSPS) is 12.0. The summed E-state index contributed by atoms with van der Waals surface area (Å²) in [6.07, 6.45) is 10.7. The van der Waals surface area contributed by atoms with E-state index in [9.17, 15) is 0 Å². The predicted octanol–water partition coefficient (Wildman–Crippen LogP) is -0.0638. The van der Waals surface area contributed by atoms with E-state index in [1.54, 1.807) is 23.3 Å². The minimum Gasteiger partial charge on any atom is -1.00 e. The second kappa shape index (κ2) is 13.7. The summed E-state index contributed by atoms with van der Waals surface area (Å²) in [4.78, 5) is 0. The summed E-state index contributed by atoms with van der Waals surface area (Å²) < 4.78 is 0. The Kier molecular flexibility index (Phi) is 13.5. The SMILES string of the molecule is CCC1=[C-]CC=C1.C[Si](C)=[Zr+2].[Cl-].[Cl-].[c-]1cccc2c1Cc1ccccc1-2. The van der Waals surface area contributed by atoms with Crippen molar-refractivity contribution in [3.8, 4) is 11.1 Å². The molecule has 0 nitrogen and oxygen atoms in total. The summed E-state index contributed by atoms with van der Waals surface area (Å²) in [5.74, 6) is 0. The van der Waals surface area contributed by atoms with Gasteiger partial charge in [0.2, 0.25) is 0 Å². The Morgan fingerprint density at radius 2 is 1.69 bits per heavy atom. The minimum atomic E-state index is 0. The van der Waals surface area contributed by atoms with Crippen LogP contribution in [0.15, 0.2) is 60.2 Å². The molecule has 0 atom stereocenters. The zero-order valence-corrected chi connectivity index (χ0v) is 20.5. The summed E-state index contributed by atoms with van der Waals surface area (Å²) in [6, 6.07) is 18.1. The Hall–Kier alpha value is -0.400. The fourth-order valence-electron chi connectivity index (χ4n) is 2.69. The van der Waals surface area contributed by atoms with Crippen LogP contribution in [-0.2, 0) is 29.8 Å². The van der Waals surface area contributed by atoms with Gasteiger partial charge in [-0.3, -0.25) is 6.08 Å². The average Bonchev–Trinajstić information content (AvgIpc) is 3.22. The van der Waals surface area contributed by atoms with E-state index < -0.39 is 0 Å². The minimum absolute atomic E-state index is 0. The Labute approximate surface area is 186 Å². The van der Waals surface area contributed by atoms with Crippen molar-refractivity contribution in [2.45, 2.75) is 39.3 Å². The zero-order valence-electron chi connectivity index (χ0n) is 15.6. The van der Waals surface area contributed by atoms with E-state index >= 15 is 0 Å². The second-order valence-corrected chi connectivity index (χ2v) is 15.4. The van der Waals surface area contributed by atoms with Gasteiger partial charge >= 0.3 is 41.9 Å². The van der Waals surface area contributed by atoms with Gasteiger partial charge in [0.15, 0.2) is 0 Å². The molecule has 0 aromatic heterocycles. The summed E-state index contributed by atoms with van der Waals surface area (Å²) in [5.41, 5.74) is 7.08. The Balaban J connectivity index is 0.000000415. The number of rotatable bonds is 1. The molecule has 2 aromatic rings. The maximum Gasteiger partial charge on any atom is -0.0253 e. The summed E-state index contributed by atoms with van der Waals surface area (Å²) in [7, 11) is 0. The smallest absolute Gasteiger partial charge is 0.0253 e. The van der Waals surface area contributed by atoms with Crippen molar-refractivity contribution >= 4 is 5.43 Å². The molecule has 136 valence electrons. The quantitative estimate of drug-likeness (QED) is 0.340. The molecule has 0 heterocycles. The monoisotopic (exact) mass is 476 g/mol. The maximum absolute atomic E-state index is 3.30. The molecule has 0 saturated carbocycles. The Bertz CT molecular complexity index is 719. The van der Waals surface area contributed by atoms with E-state index in [1.165, 1.54) is 27.8 Å². The van der Waals surface area contributed by atoms with Crippen molar-refractivity contribution in [3.05, 3.63) is 83.5 Å². The van der Waals surface area contributed by atoms with Crippen LogP contribution >= 0.6 is 0 Å². The molecule has 2 aliphatic carbocycles. The first-order valence-corrected chi connectivity index (χ1v) is 14.7. The van der Waals surface area contributed by atoms with Crippen LogP contribution in [-0.4, -0.2) is 5.43 Å². The van der Waals surface area contributed by atoms with E-state index in [4.69, 9.17) is 0 Å². The van der Waals surface area contributed by atoms with Gasteiger partial charge in [-0.1, -0.05) is 48.7 Å². The van der Waals surface area contributed by atoms with Gasteiger partial charge in [0.05, 0.1) is 0 Å². The van der Waals surface area contributed by atoms with Crippen LogP contribution in [0, 0.1) is 12.1 Å². The number of benzene rings is 2. The van der Waals surface area contributed by atoms with Gasteiger partial charge in [0.25, 0.3) is 0 Å². The molecular weight excluding hydrogens is 454 g/mol. The molecule has 2 aliphatic rings. The van der Waals surface area contributed by atoms with Crippen LogP contribution < -0.4 is 24.8 Å². The molecule has 2 aromatic carbocycles. The third-order valence-electron chi connectivity index (χ3n) is 3.76. The molecule has 0 fully saturated rings. The molecule has 0 amide bonds. The third-order valence-corrected chi connectivity index (χ3v) is 3.76. The van der Waals surface area contributed by atoms with Crippen LogP contribution in [0.4, 0.5) is 0 Å². The predicted molar refractivity (Wildman–Crippen MR) is 102 cm³/mol. The first-order chi connectivity index (χ1) is 11.6. The Morgan fingerprint density at radius 3 is 2.27 bits per heavy atom. The molecule has 0 saturated heterocycles. The average molecular weight is 479 g/mol. The fourth-order valence-corrected chi connectivity index (χ4v) is 2.69. The number of hydrogen-bond acceptors (Lipinski definition) is 0. The van der Waals surface area contributed by atoms with Crippen molar-refractivity contribution in [2.24, 2.45) is 0 Å².